The molecule has 0 aliphatic carbocycles. The molecule has 1 fully saturated rings. The Morgan fingerprint density at radius 1 is 1.35 bits per heavy atom. The standard InChI is InChI=1S/C13H25NO3/c1-13(2,3)10-4-6-14(7-5-10)9-11(15)8-12(16)17/h10-11,15H,4-9H2,1-3H3,(H,16,17). The molecule has 4 nitrogen and oxygen atoms in total. The van der Waals surface area contributed by atoms with Crippen molar-refractivity contribution in [3.8, 4) is 0 Å². The van der Waals surface area contributed by atoms with Gasteiger partial charge in [0.1, 0.15) is 0 Å². The third kappa shape index (κ3) is 5.04. The van der Waals surface area contributed by atoms with Crippen LogP contribution in [0, 0.1) is 11.3 Å². The minimum Gasteiger partial charge on any atom is -0.481 e. The summed E-state index contributed by atoms with van der Waals surface area (Å²) in [5.74, 6) is -0.197. The fourth-order valence-electron chi connectivity index (χ4n) is 2.55. The van der Waals surface area contributed by atoms with Gasteiger partial charge in [0.25, 0.3) is 0 Å². The highest BCUT2D eigenvalue weighted by Gasteiger charge is 2.29. The van der Waals surface area contributed by atoms with Crippen LogP contribution in [0.5, 0.6) is 0 Å². The van der Waals surface area contributed by atoms with Gasteiger partial charge in [-0.05, 0) is 37.3 Å². The molecule has 1 aliphatic rings. The van der Waals surface area contributed by atoms with Gasteiger partial charge >= 0.3 is 5.97 Å². The Morgan fingerprint density at radius 3 is 2.29 bits per heavy atom. The van der Waals surface area contributed by atoms with Crippen LogP contribution < -0.4 is 0 Å². The van der Waals surface area contributed by atoms with E-state index in [0.29, 0.717) is 12.0 Å². The van der Waals surface area contributed by atoms with Crippen molar-refractivity contribution in [2.75, 3.05) is 19.6 Å². The van der Waals surface area contributed by atoms with Crippen molar-refractivity contribution >= 4 is 5.97 Å². The van der Waals surface area contributed by atoms with Crippen molar-refractivity contribution in [2.24, 2.45) is 11.3 Å². The highest BCUT2D eigenvalue weighted by molar-refractivity contribution is 5.67. The lowest BCUT2D eigenvalue weighted by Gasteiger charge is -2.39. The first-order chi connectivity index (χ1) is 7.79. The number of hydrogen-bond donors (Lipinski definition) is 2. The van der Waals surface area contributed by atoms with E-state index in [1.165, 1.54) is 0 Å². The zero-order valence-electron chi connectivity index (χ0n) is 11.1. The highest BCUT2D eigenvalue weighted by atomic mass is 16.4. The van der Waals surface area contributed by atoms with Gasteiger partial charge in [-0.15, -0.1) is 0 Å². The summed E-state index contributed by atoms with van der Waals surface area (Å²) in [4.78, 5) is 12.6. The molecular formula is C13H25NO3. The van der Waals surface area contributed by atoms with E-state index in [-0.39, 0.29) is 6.42 Å². The van der Waals surface area contributed by atoms with Gasteiger partial charge in [0.2, 0.25) is 0 Å². The molecule has 1 rings (SSSR count). The van der Waals surface area contributed by atoms with E-state index < -0.39 is 12.1 Å². The average molecular weight is 243 g/mol. The van der Waals surface area contributed by atoms with Crippen LogP contribution in [0.4, 0.5) is 0 Å². The maximum atomic E-state index is 10.5. The predicted molar refractivity (Wildman–Crippen MR) is 66.9 cm³/mol. The minimum atomic E-state index is -0.929. The summed E-state index contributed by atoms with van der Waals surface area (Å²) in [6.45, 7) is 9.24. The van der Waals surface area contributed by atoms with E-state index in [1.54, 1.807) is 0 Å². The van der Waals surface area contributed by atoms with Crippen LogP contribution in [0.25, 0.3) is 0 Å². The maximum Gasteiger partial charge on any atom is 0.306 e. The van der Waals surface area contributed by atoms with Crippen LogP contribution in [0.2, 0.25) is 0 Å². The van der Waals surface area contributed by atoms with Crippen molar-refractivity contribution < 1.29 is 15.0 Å². The first-order valence-corrected chi connectivity index (χ1v) is 6.41. The Balaban J connectivity index is 2.30. The zero-order valence-corrected chi connectivity index (χ0v) is 11.1. The molecule has 0 aromatic rings. The molecular weight excluding hydrogens is 218 g/mol. The molecule has 0 radical (unpaired) electrons. The lowest BCUT2D eigenvalue weighted by atomic mass is 9.75. The number of carbonyl (C=O) groups is 1. The second kappa shape index (κ2) is 5.83. The molecule has 0 spiro atoms. The van der Waals surface area contributed by atoms with Crippen LogP contribution in [-0.2, 0) is 4.79 Å². The van der Waals surface area contributed by atoms with Gasteiger partial charge in [-0.1, -0.05) is 20.8 Å². The van der Waals surface area contributed by atoms with E-state index in [9.17, 15) is 9.90 Å². The molecule has 17 heavy (non-hydrogen) atoms. The number of rotatable bonds is 4. The lowest BCUT2D eigenvalue weighted by Crippen LogP contribution is -2.41. The molecule has 1 heterocycles. The largest absolute Gasteiger partial charge is 0.481 e. The molecule has 1 saturated heterocycles. The van der Waals surface area contributed by atoms with Crippen LogP contribution in [-0.4, -0.2) is 46.8 Å². The molecule has 0 saturated carbocycles. The minimum absolute atomic E-state index is 0.154. The molecule has 4 heteroatoms. The highest BCUT2D eigenvalue weighted by Crippen LogP contribution is 2.34. The van der Waals surface area contributed by atoms with Gasteiger partial charge in [0, 0.05) is 6.54 Å². The summed E-state index contributed by atoms with van der Waals surface area (Å²) < 4.78 is 0. The SMILES string of the molecule is CC(C)(C)C1CCN(CC(O)CC(=O)O)CC1. The lowest BCUT2D eigenvalue weighted by molar-refractivity contribution is -0.139. The number of aliphatic hydroxyl groups excluding tert-OH is 1. The molecule has 2 N–H and O–H groups in total. The van der Waals surface area contributed by atoms with Gasteiger partial charge in [-0.2, -0.15) is 0 Å². The monoisotopic (exact) mass is 243 g/mol. The van der Waals surface area contributed by atoms with E-state index in [0.717, 1.165) is 31.8 Å². The number of carboxylic acid groups (broad SMARTS) is 1. The predicted octanol–water partition coefficient (Wildman–Crippen LogP) is 1.58. The summed E-state index contributed by atoms with van der Waals surface area (Å²) in [5.41, 5.74) is 0.353. The Morgan fingerprint density at radius 2 is 1.88 bits per heavy atom. The van der Waals surface area contributed by atoms with Crippen LogP contribution in [0.15, 0.2) is 0 Å². The average Bonchev–Trinajstić information content (AvgIpc) is 2.15. The Hall–Kier alpha value is -0.610. The van der Waals surface area contributed by atoms with Gasteiger partial charge in [0.15, 0.2) is 0 Å². The van der Waals surface area contributed by atoms with Gasteiger partial charge < -0.3 is 15.1 Å². The molecule has 0 amide bonds. The molecule has 0 aromatic heterocycles. The first kappa shape index (κ1) is 14.5. The van der Waals surface area contributed by atoms with Crippen molar-refractivity contribution in [1.82, 2.24) is 4.90 Å². The van der Waals surface area contributed by atoms with Gasteiger partial charge in [-0.25, -0.2) is 0 Å². The van der Waals surface area contributed by atoms with Gasteiger partial charge in [0.05, 0.1) is 12.5 Å². The Labute approximate surface area is 104 Å². The van der Waals surface area contributed by atoms with E-state index in [1.807, 2.05) is 0 Å². The summed E-state index contributed by atoms with van der Waals surface area (Å²) >= 11 is 0. The summed E-state index contributed by atoms with van der Waals surface area (Å²) in [5, 5.41) is 18.2. The molecule has 1 aliphatic heterocycles. The third-order valence-corrected chi connectivity index (χ3v) is 3.69. The number of piperidine rings is 1. The van der Waals surface area contributed by atoms with Crippen LogP contribution >= 0.6 is 0 Å². The van der Waals surface area contributed by atoms with Crippen molar-refractivity contribution in [1.29, 1.82) is 0 Å². The number of aliphatic carboxylic acids is 1. The van der Waals surface area contributed by atoms with Crippen molar-refractivity contribution in [2.45, 2.75) is 46.1 Å². The van der Waals surface area contributed by atoms with E-state index in [2.05, 4.69) is 25.7 Å². The van der Waals surface area contributed by atoms with Crippen molar-refractivity contribution in [3.05, 3.63) is 0 Å². The second-order valence-electron chi connectivity index (χ2n) is 6.19. The fourth-order valence-corrected chi connectivity index (χ4v) is 2.55. The second-order valence-corrected chi connectivity index (χ2v) is 6.19. The van der Waals surface area contributed by atoms with Crippen LogP contribution in [0.1, 0.15) is 40.0 Å². The van der Waals surface area contributed by atoms with E-state index >= 15 is 0 Å². The number of hydrogen-bond acceptors (Lipinski definition) is 3. The smallest absolute Gasteiger partial charge is 0.306 e. The normalized spacial score (nSPS) is 21.4. The summed E-state index contributed by atoms with van der Waals surface area (Å²) in [6, 6.07) is 0. The quantitative estimate of drug-likeness (QED) is 0.787. The Kier molecular flexibility index (Phi) is 4.95. The molecule has 100 valence electrons. The molecule has 1 atom stereocenters. The maximum absolute atomic E-state index is 10.5. The molecule has 0 aromatic carbocycles. The topological polar surface area (TPSA) is 60.8 Å². The number of aliphatic hydroxyl groups is 1. The zero-order chi connectivity index (χ0) is 13.1. The van der Waals surface area contributed by atoms with E-state index in [4.69, 9.17) is 5.11 Å². The fraction of sp³-hybridized carbons (Fsp3) is 0.923. The third-order valence-electron chi connectivity index (χ3n) is 3.69. The number of likely N-dealkylation sites (tertiary alicyclic amines) is 1. The first-order valence-electron chi connectivity index (χ1n) is 6.41. The molecule has 0 bridgehead atoms. The Bertz CT molecular complexity index is 252. The molecule has 1 unspecified atom stereocenters. The summed E-state index contributed by atoms with van der Waals surface area (Å²) in [7, 11) is 0. The van der Waals surface area contributed by atoms with Gasteiger partial charge in [-0.3, -0.25) is 4.79 Å². The number of carboxylic acids is 1. The van der Waals surface area contributed by atoms with Crippen LogP contribution in [0.3, 0.4) is 0 Å². The number of nitrogens with zero attached hydrogens (tertiary/aromatic N) is 1. The van der Waals surface area contributed by atoms with Crippen molar-refractivity contribution in [3.63, 3.8) is 0 Å². The number of β-amino-alcohol motifs (C(OH)–C–C–N with tert-alkyl or cyclic N) is 1. The summed E-state index contributed by atoms with van der Waals surface area (Å²) in [6.07, 6.45) is 1.39.